The van der Waals surface area contributed by atoms with Crippen LogP contribution in [0, 0.1) is 6.92 Å². The van der Waals surface area contributed by atoms with E-state index < -0.39 is 0 Å². The summed E-state index contributed by atoms with van der Waals surface area (Å²) >= 11 is 1.53. The van der Waals surface area contributed by atoms with Crippen LogP contribution in [0.5, 0.6) is 11.5 Å². The molecule has 0 fully saturated rings. The molecule has 1 heterocycles. The average Bonchev–Trinajstić information content (AvgIpc) is 3.06. The molecule has 0 amide bonds. The van der Waals surface area contributed by atoms with Crippen LogP contribution in [0.1, 0.15) is 11.3 Å². The van der Waals surface area contributed by atoms with Crippen molar-refractivity contribution in [3.8, 4) is 22.6 Å². The number of rotatable bonds is 6. The van der Waals surface area contributed by atoms with E-state index >= 15 is 0 Å². The predicted octanol–water partition coefficient (Wildman–Crippen LogP) is 4.58. The SMILES string of the molecule is COc1ccc(-c2cccc(C=NNc3nc(C)cs3)c2)cc1OC. The third kappa shape index (κ3) is 4.16. The van der Waals surface area contributed by atoms with E-state index in [0.717, 1.165) is 27.5 Å². The van der Waals surface area contributed by atoms with Crippen molar-refractivity contribution in [1.29, 1.82) is 0 Å². The Labute approximate surface area is 151 Å². The number of methoxy groups -OCH3 is 2. The van der Waals surface area contributed by atoms with E-state index in [2.05, 4.69) is 27.6 Å². The summed E-state index contributed by atoms with van der Waals surface area (Å²) < 4.78 is 10.7. The van der Waals surface area contributed by atoms with Crippen LogP contribution in [0.3, 0.4) is 0 Å². The van der Waals surface area contributed by atoms with Crippen molar-refractivity contribution >= 4 is 22.7 Å². The van der Waals surface area contributed by atoms with Crippen LogP contribution in [0.15, 0.2) is 52.9 Å². The molecule has 5 nitrogen and oxygen atoms in total. The second-order valence-corrected chi connectivity index (χ2v) is 6.22. The van der Waals surface area contributed by atoms with Crippen LogP contribution in [-0.2, 0) is 0 Å². The van der Waals surface area contributed by atoms with Crippen molar-refractivity contribution in [2.24, 2.45) is 5.10 Å². The fourth-order valence-electron chi connectivity index (χ4n) is 2.38. The first kappa shape index (κ1) is 17.0. The summed E-state index contributed by atoms with van der Waals surface area (Å²) in [7, 11) is 3.27. The summed E-state index contributed by atoms with van der Waals surface area (Å²) in [5.74, 6) is 1.42. The number of anilines is 1. The van der Waals surface area contributed by atoms with E-state index in [9.17, 15) is 0 Å². The standard InChI is InChI=1S/C19H19N3O2S/c1-13-12-25-19(21-13)22-20-11-14-5-4-6-15(9-14)16-7-8-17(23-2)18(10-16)24-3/h4-12H,1-3H3,(H,21,22). The minimum absolute atomic E-state index is 0.708. The zero-order chi connectivity index (χ0) is 17.6. The molecule has 3 rings (SSSR count). The normalized spacial score (nSPS) is 10.8. The molecule has 25 heavy (non-hydrogen) atoms. The van der Waals surface area contributed by atoms with Gasteiger partial charge in [0.15, 0.2) is 11.5 Å². The molecule has 0 saturated heterocycles. The molecule has 3 aromatic rings. The summed E-state index contributed by atoms with van der Waals surface area (Å²) in [5, 5.41) is 7.01. The third-order valence-corrected chi connectivity index (χ3v) is 4.46. The van der Waals surface area contributed by atoms with Crippen LogP contribution < -0.4 is 14.9 Å². The molecule has 0 aliphatic heterocycles. The molecule has 0 spiro atoms. The predicted molar refractivity (Wildman–Crippen MR) is 103 cm³/mol. The van der Waals surface area contributed by atoms with Gasteiger partial charge in [-0.15, -0.1) is 11.3 Å². The molecule has 1 N–H and O–H groups in total. The summed E-state index contributed by atoms with van der Waals surface area (Å²) in [6.45, 7) is 1.96. The van der Waals surface area contributed by atoms with Gasteiger partial charge in [-0.05, 0) is 41.8 Å². The lowest BCUT2D eigenvalue weighted by Crippen LogP contribution is -1.92. The molecular weight excluding hydrogens is 334 g/mol. The lowest BCUT2D eigenvalue weighted by molar-refractivity contribution is 0.355. The van der Waals surface area contributed by atoms with E-state index in [0.29, 0.717) is 11.5 Å². The van der Waals surface area contributed by atoms with Crippen LogP contribution in [0.4, 0.5) is 5.13 Å². The summed E-state index contributed by atoms with van der Waals surface area (Å²) in [4.78, 5) is 4.31. The Bertz CT molecular complexity index is 890. The fourth-order valence-corrected chi connectivity index (χ4v) is 3.02. The molecule has 2 aromatic carbocycles. The second-order valence-electron chi connectivity index (χ2n) is 5.36. The summed E-state index contributed by atoms with van der Waals surface area (Å²) in [6, 6.07) is 14.0. The third-order valence-electron chi connectivity index (χ3n) is 3.60. The van der Waals surface area contributed by atoms with Gasteiger partial charge in [0.05, 0.1) is 26.1 Å². The van der Waals surface area contributed by atoms with Crippen LogP contribution >= 0.6 is 11.3 Å². The molecule has 0 bridgehead atoms. The lowest BCUT2D eigenvalue weighted by atomic mass is 10.0. The quantitative estimate of drug-likeness (QED) is 0.520. The van der Waals surface area contributed by atoms with Gasteiger partial charge in [0, 0.05) is 5.38 Å². The topological polar surface area (TPSA) is 55.7 Å². The Kier molecular flexibility index (Phi) is 5.30. The van der Waals surface area contributed by atoms with Gasteiger partial charge in [0.1, 0.15) is 0 Å². The van der Waals surface area contributed by atoms with E-state index in [4.69, 9.17) is 9.47 Å². The Hall–Kier alpha value is -2.86. The molecule has 1 aromatic heterocycles. The number of hydrazone groups is 1. The van der Waals surface area contributed by atoms with Gasteiger partial charge in [0.25, 0.3) is 0 Å². The molecule has 128 valence electrons. The molecule has 6 heteroatoms. The number of hydrogen-bond donors (Lipinski definition) is 1. The molecular formula is C19H19N3O2S. The van der Waals surface area contributed by atoms with Gasteiger partial charge in [-0.25, -0.2) is 4.98 Å². The first-order chi connectivity index (χ1) is 12.2. The molecule has 0 atom stereocenters. The van der Waals surface area contributed by atoms with Crippen molar-refractivity contribution in [3.05, 3.63) is 59.1 Å². The number of thiazole rings is 1. The van der Waals surface area contributed by atoms with Crippen molar-refractivity contribution < 1.29 is 9.47 Å². The number of nitrogens with one attached hydrogen (secondary N) is 1. The van der Waals surface area contributed by atoms with Crippen LogP contribution in [0.25, 0.3) is 11.1 Å². The van der Waals surface area contributed by atoms with E-state index in [-0.39, 0.29) is 0 Å². The number of aryl methyl sites for hydroxylation is 1. The number of nitrogens with zero attached hydrogens (tertiary/aromatic N) is 2. The maximum atomic E-state index is 5.38. The largest absolute Gasteiger partial charge is 0.493 e. The van der Waals surface area contributed by atoms with Crippen molar-refractivity contribution in [1.82, 2.24) is 4.98 Å². The number of aromatic nitrogens is 1. The molecule has 0 aliphatic carbocycles. The lowest BCUT2D eigenvalue weighted by Gasteiger charge is -2.10. The highest BCUT2D eigenvalue weighted by Gasteiger charge is 2.06. The molecule has 0 unspecified atom stereocenters. The average molecular weight is 353 g/mol. The van der Waals surface area contributed by atoms with Crippen LogP contribution in [0.2, 0.25) is 0 Å². The van der Waals surface area contributed by atoms with E-state index in [1.807, 2.05) is 42.6 Å². The maximum Gasteiger partial charge on any atom is 0.203 e. The smallest absolute Gasteiger partial charge is 0.203 e. The fraction of sp³-hybridized carbons (Fsp3) is 0.158. The highest BCUT2D eigenvalue weighted by Crippen LogP contribution is 2.32. The zero-order valence-electron chi connectivity index (χ0n) is 14.3. The zero-order valence-corrected chi connectivity index (χ0v) is 15.1. The number of benzene rings is 2. The summed E-state index contributed by atoms with van der Waals surface area (Å²) in [6.07, 6.45) is 1.78. The highest BCUT2D eigenvalue weighted by atomic mass is 32.1. The van der Waals surface area contributed by atoms with Gasteiger partial charge in [0.2, 0.25) is 5.13 Å². The molecule has 0 saturated carbocycles. The second kappa shape index (κ2) is 7.81. The van der Waals surface area contributed by atoms with Gasteiger partial charge in [-0.2, -0.15) is 5.10 Å². The van der Waals surface area contributed by atoms with E-state index in [1.54, 1.807) is 20.4 Å². The first-order valence-corrected chi connectivity index (χ1v) is 8.61. The van der Waals surface area contributed by atoms with Gasteiger partial charge in [-0.3, -0.25) is 5.43 Å². The highest BCUT2D eigenvalue weighted by molar-refractivity contribution is 7.13. The Morgan fingerprint density at radius 3 is 2.56 bits per heavy atom. The molecule has 0 radical (unpaired) electrons. The maximum absolute atomic E-state index is 5.38. The Morgan fingerprint density at radius 2 is 1.84 bits per heavy atom. The Morgan fingerprint density at radius 1 is 1.04 bits per heavy atom. The van der Waals surface area contributed by atoms with Crippen LogP contribution in [-0.4, -0.2) is 25.4 Å². The van der Waals surface area contributed by atoms with Crippen molar-refractivity contribution in [3.63, 3.8) is 0 Å². The van der Waals surface area contributed by atoms with Gasteiger partial charge >= 0.3 is 0 Å². The first-order valence-electron chi connectivity index (χ1n) is 7.73. The minimum Gasteiger partial charge on any atom is -0.493 e. The Balaban J connectivity index is 1.79. The minimum atomic E-state index is 0.708. The van der Waals surface area contributed by atoms with Crippen molar-refractivity contribution in [2.75, 3.05) is 19.6 Å². The van der Waals surface area contributed by atoms with Gasteiger partial charge < -0.3 is 9.47 Å². The number of hydrogen-bond acceptors (Lipinski definition) is 6. The molecule has 0 aliphatic rings. The monoisotopic (exact) mass is 353 g/mol. The van der Waals surface area contributed by atoms with Gasteiger partial charge in [-0.1, -0.05) is 24.3 Å². The van der Waals surface area contributed by atoms with Crippen molar-refractivity contribution in [2.45, 2.75) is 6.92 Å². The number of ether oxygens (including phenoxy) is 2. The summed E-state index contributed by atoms with van der Waals surface area (Å²) in [5.41, 5.74) is 7.06. The van der Waals surface area contributed by atoms with E-state index in [1.165, 1.54) is 11.3 Å².